The van der Waals surface area contributed by atoms with Crippen molar-refractivity contribution in [1.82, 2.24) is 0 Å². The summed E-state index contributed by atoms with van der Waals surface area (Å²) in [5, 5.41) is 8.67. The summed E-state index contributed by atoms with van der Waals surface area (Å²) in [6.07, 6.45) is 4.54. The minimum Gasteiger partial charge on any atom is -0.489 e. The smallest absolute Gasteiger partial charge is 0.138 e. The molecule has 1 aromatic carbocycles. The van der Waals surface area contributed by atoms with E-state index in [-0.39, 0.29) is 18.5 Å². The van der Waals surface area contributed by atoms with Gasteiger partial charge in [-0.1, -0.05) is 11.8 Å². The van der Waals surface area contributed by atoms with E-state index in [2.05, 4.69) is 11.8 Å². The minimum absolute atomic E-state index is 0.173. The average molecular weight is 234 g/mol. The Balaban J connectivity index is 2.19. The molecule has 2 rings (SSSR count). The first-order chi connectivity index (χ1) is 8.29. The highest BCUT2D eigenvalue weighted by molar-refractivity contribution is 5.46. The van der Waals surface area contributed by atoms with E-state index in [0.717, 1.165) is 25.7 Å². The molecule has 2 nitrogen and oxygen atoms in total. The molecule has 0 aliphatic heterocycles. The Labute approximate surface area is 100 Å². The third kappa shape index (κ3) is 3.21. The number of hydrogen-bond donors (Lipinski definition) is 1. The van der Waals surface area contributed by atoms with Gasteiger partial charge in [0.2, 0.25) is 0 Å². The highest BCUT2D eigenvalue weighted by Crippen LogP contribution is 2.26. The fourth-order valence-corrected chi connectivity index (χ4v) is 2.02. The molecule has 0 bridgehead atoms. The van der Waals surface area contributed by atoms with Crippen LogP contribution in [0.5, 0.6) is 5.75 Å². The Morgan fingerprint density at radius 1 is 1.35 bits per heavy atom. The van der Waals surface area contributed by atoms with E-state index in [1.54, 1.807) is 6.07 Å². The molecule has 17 heavy (non-hydrogen) atoms. The Bertz CT molecular complexity index is 439. The quantitative estimate of drug-likeness (QED) is 0.797. The summed E-state index contributed by atoms with van der Waals surface area (Å²) in [5.74, 6) is 5.48. The maximum absolute atomic E-state index is 13.2. The van der Waals surface area contributed by atoms with Crippen LogP contribution in [0.1, 0.15) is 31.2 Å². The molecule has 0 amide bonds. The third-order valence-electron chi connectivity index (χ3n) is 2.84. The van der Waals surface area contributed by atoms with Crippen LogP contribution in [0.2, 0.25) is 0 Å². The molecule has 1 saturated carbocycles. The molecule has 1 aliphatic rings. The van der Waals surface area contributed by atoms with Crippen LogP contribution in [0, 0.1) is 17.7 Å². The van der Waals surface area contributed by atoms with Crippen molar-refractivity contribution in [3.63, 3.8) is 0 Å². The van der Waals surface area contributed by atoms with Gasteiger partial charge in [0, 0.05) is 6.07 Å². The fraction of sp³-hybridized carbons (Fsp3) is 0.429. The van der Waals surface area contributed by atoms with Crippen molar-refractivity contribution in [2.24, 2.45) is 0 Å². The summed E-state index contributed by atoms with van der Waals surface area (Å²) in [7, 11) is 0. The van der Waals surface area contributed by atoms with Crippen molar-refractivity contribution in [1.29, 1.82) is 0 Å². The summed E-state index contributed by atoms with van der Waals surface area (Å²) < 4.78 is 18.9. The van der Waals surface area contributed by atoms with Crippen molar-refractivity contribution in [3.05, 3.63) is 29.6 Å². The lowest BCUT2D eigenvalue weighted by atomic mass is 10.2. The summed E-state index contributed by atoms with van der Waals surface area (Å²) in [5.41, 5.74) is 0.632. The monoisotopic (exact) mass is 234 g/mol. The SMILES string of the molecule is OCC#Cc1ccc(F)cc1OC1CCCC1. The second kappa shape index (κ2) is 5.70. The fourth-order valence-electron chi connectivity index (χ4n) is 2.02. The number of rotatable bonds is 2. The average Bonchev–Trinajstić information content (AvgIpc) is 2.81. The van der Waals surface area contributed by atoms with Crippen molar-refractivity contribution in [2.75, 3.05) is 6.61 Å². The second-order valence-electron chi connectivity index (χ2n) is 4.12. The van der Waals surface area contributed by atoms with Crippen molar-refractivity contribution < 1.29 is 14.2 Å². The first-order valence-corrected chi connectivity index (χ1v) is 5.85. The minimum atomic E-state index is -0.326. The first-order valence-electron chi connectivity index (χ1n) is 5.85. The molecule has 0 heterocycles. The molecule has 1 aromatic rings. The standard InChI is InChI=1S/C14H15FO2/c15-12-8-7-11(4-3-9-16)14(10-12)17-13-5-1-2-6-13/h7-8,10,13,16H,1-2,5-6,9H2. The molecule has 90 valence electrons. The number of aliphatic hydroxyl groups excluding tert-OH is 1. The summed E-state index contributed by atoms with van der Waals surface area (Å²) >= 11 is 0. The van der Waals surface area contributed by atoms with Gasteiger partial charge in [-0.2, -0.15) is 0 Å². The molecule has 1 aliphatic carbocycles. The van der Waals surface area contributed by atoms with Crippen LogP contribution in [0.3, 0.4) is 0 Å². The van der Waals surface area contributed by atoms with Crippen LogP contribution in [0.4, 0.5) is 4.39 Å². The first kappa shape index (κ1) is 11.9. The van der Waals surface area contributed by atoms with E-state index in [1.165, 1.54) is 12.1 Å². The van der Waals surface area contributed by atoms with Gasteiger partial charge in [0.15, 0.2) is 0 Å². The van der Waals surface area contributed by atoms with Crippen molar-refractivity contribution in [2.45, 2.75) is 31.8 Å². The van der Waals surface area contributed by atoms with Gasteiger partial charge in [0.1, 0.15) is 18.2 Å². The van der Waals surface area contributed by atoms with Crippen LogP contribution in [0.25, 0.3) is 0 Å². The van der Waals surface area contributed by atoms with Gasteiger partial charge in [0.25, 0.3) is 0 Å². The zero-order valence-electron chi connectivity index (χ0n) is 9.58. The van der Waals surface area contributed by atoms with Crippen molar-refractivity contribution in [3.8, 4) is 17.6 Å². The third-order valence-corrected chi connectivity index (χ3v) is 2.84. The molecule has 0 radical (unpaired) electrons. The van der Waals surface area contributed by atoms with Gasteiger partial charge >= 0.3 is 0 Å². The Hall–Kier alpha value is -1.53. The normalized spacial score (nSPS) is 15.4. The van der Waals surface area contributed by atoms with E-state index in [4.69, 9.17) is 9.84 Å². The Morgan fingerprint density at radius 2 is 2.12 bits per heavy atom. The topological polar surface area (TPSA) is 29.5 Å². The van der Waals surface area contributed by atoms with Gasteiger partial charge in [0.05, 0.1) is 11.7 Å². The molecule has 0 aromatic heterocycles. The highest BCUT2D eigenvalue weighted by Gasteiger charge is 2.17. The summed E-state index contributed by atoms with van der Waals surface area (Å²) in [6, 6.07) is 4.30. The largest absolute Gasteiger partial charge is 0.489 e. The molecule has 0 spiro atoms. The zero-order chi connectivity index (χ0) is 12.1. The van der Waals surface area contributed by atoms with Crippen LogP contribution in [-0.4, -0.2) is 17.8 Å². The molecule has 1 N–H and O–H groups in total. The van der Waals surface area contributed by atoms with E-state index in [0.29, 0.717) is 11.3 Å². The number of hydrogen-bond acceptors (Lipinski definition) is 2. The second-order valence-corrected chi connectivity index (χ2v) is 4.12. The van der Waals surface area contributed by atoms with Gasteiger partial charge in [-0.15, -0.1) is 0 Å². The van der Waals surface area contributed by atoms with Crippen LogP contribution < -0.4 is 4.74 Å². The molecule has 0 unspecified atom stereocenters. The molecule has 1 fully saturated rings. The maximum atomic E-state index is 13.2. The van der Waals surface area contributed by atoms with E-state index < -0.39 is 0 Å². The lowest BCUT2D eigenvalue weighted by Gasteiger charge is -2.14. The number of benzene rings is 1. The number of aliphatic hydroxyl groups is 1. The van der Waals surface area contributed by atoms with Gasteiger partial charge < -0.3 is 9.84 Å². The lowest BCUT2D eigenvalue weighted by molar-refractivity contribution is 0.208. The predicted molar refractivity (Wildman–Crippen MR) is 63.2 cm³/mol. The Kier molecular flexibility index (Phi) is 4.00. The molecule has 0 saturated heterocycles. The molecular weight excluding hydrogens is 219 g/mol. The van der Waals surface area contributed by atoms with Gasteiger partial charge in [-0.3, -0.25) is 0 Å². The van der Waals surface area contributed by atoms with Crippen molar-refractivity contribution >= 4 is 0 Å². The zero-order valence-corrected chi connectivity index (χ0v) is 9.58. The maximum Gasteiger partial charge on any atom is 0.138 e. The number of ether oxygens (including phenoxy) is 1. The van der Waals surface area contributed by atoms with E-state index in [1.807, 2.05) is 0 Å². The molecule has 0 atom stereocenters. The van der Waals surface area contributed by atoms with E-state index >= 15 is 0 Å². The predicted octanol–water partition coefficient (Wildman–Crippen LogP) is 2.49. The lowest BCUT2D eigenvalue weighted by Crippen LogP contribution is -2.11. The van der Waals surface area contributed by atoms with E-state index in [9.17, 15) is 4.39 Å². The Morgan fingerprint density at radius 3 is 2.82 bits per heavy atom. The van der Waals surface area contributed by atoms with Crippen LogP contribution in [-0.2, 0) is 0 Å². The highest BCUT2D eigenvalue weighted by atomic mass is 19.1. The number of halogens is 1. The van der Waals surface area contributed by atoms with Gasteiger partial charge in [-0.05, 0) is 37.8 Å². The van der Waals surface area contributed by atoms with Gasteiger partial charge in [-0.25, -0.2) is 4.39 Å². The molecular formula is C14H15FO2. The molecule has 3 heteroatoms. The van der Waals surface area contributed by atoms with Crippen LogP contribution in [0.15, 0.2) is 18.2 Å². The summed E-state index contributed by atoms with van der Waals surface area (Å²) in [4.78, 5) is 0. The summed E-state index contributed by atoms with van der Waals surface area (Å²) in [6.45, 7) is -0.208. The van der Waals surface area contributed by atoms with Crippen LogP contribution >= 0.6 is 0 Å².